The van der Waals surface area contributed by atoms with Crippen molar-refractivity contribution in [3.05, 3.63) is 40.4 Å². The van der Waals surface area contributed by atoms with Gasteiger partial charge in [0, 0.05) is 16.1 Å². The van der Waals surface area contributed by atoms with E-state index < -0.39 is 0 Å². The van der Waals surface area contributed by atoms with Crippen molar-refractivity contribution in [2.24, 2.45) is 0 Å². The van der Waals surface area contributed by atoms with Crippen LogP contribution in [0.2, 0.25) is 0 Å². The fourth-order valence-electron chi connectivity index (χ4n) is 1.70. The van der Waals surface area contributed by atoms with Crippen LogP contribution in [0.1, 0.15) is 31.0 Å². The van der Waals surface area contributed by atoms with Gasteiger partial charge in [0.15, 0.2) is 0 Å². The summed E-state index contributed by atoms with van der Waals surface area (Å²) < 4.78 is 6.61. The van der Waals surface area contributed by atoms with Crippen molar-refractivity contribution in [3.8, 4) is 5.75 Å². The smallest absolute Gasteiger partial charge is 0.124 e. The molecule has 1 N–H and O–H groups in total. The van der Waals surface area contributed by atoms with E-state index in [4.69, 9.17) is 4.74 Å². The van der Waals surface area contributed by atoms with Gasteiger partial charge in [0.1, 0.15) is 12.4 Å². The molecule has 0 bridgehead atoms. The number of hydrogen-bond acceptors (Lipinski definition) is 2. The molecule has 0 aromatic heterocycles. The molecule has 1 rings (SSSR count). The zero-order valence-electron chi connectivity index (χ0n) is 10.7. The van der Waals surface area contributed by atoms with Crippen LogP contribution in [0.5, 0.6) is 5.75 Å². The van der Waals surface area contributed by atoms with Crippen molar-refractivity contribution in [1.82, 2.24) is 5.32 Å². The van der Waals surface area contributed by atoms with E-state index in [1.165, 1.54) is 11.1 Å². The molecule has 0 aliphatic carbocycles. The Hall–Kier alpha value is -0.800. The molecule has 17 heavy (non-hydrogen) atoms. The Morgan fingerprint density at radius 1 is 1.53 bits per heavy atom. The Labute approximate surface area is 112 Å². The van der Waals surface area contributed by atoms with Crippen LogP contribution < -0.4 is 10.1 Å². The fraction of sp³-hybridized carbons (Fsp3) is 0.429. The molecule has 1 aromatic rings. The van der Waals surface area contributed by atoms with Crippen LogP contribution in [-0.2, 0) is 0 Å². The first-order chi connectivity index (χ1) is 8.04. The van der Waals surface area contributed by atoms with Crippen molar-refractivity contribution >= 4 is 15.9 Å². The average molecular weight is 298 g/mol. The molecule has 0 fully saturated rings. The molecule has 1 unspecified atom stereocenters. The molecule has 0 radical (unpaired) electrons. The molecule has 2 nitrogen and oxygen atoms in total. The van der Waals surface area contributed by atoms with Gasteiger partial charge in [-0.15, -0.1) is 0 Å². The predicted octanol–water partition coefficient (Wildman–Crippen LogP) is 3.95. The molecule has 0 aliphatic heterocycles. The van der Waals surface area contributed by atoms with E-state index in [1.807, 2.05) is 0 Å². The fourth-order valence-corrected chi connectivity index (χ4v) is 1.81. The average Bonchev–Trinajstić information content (AvgIpc) is 2.26. The lowest BCUT2D eigenvalue weighted by atomic mass is 10.0. The third-order valence-electron chi connectivity index (χ3n) is 2.53. The van der Waals surface area contributed by atoms with Gasteiger partial charge < -0.3 is 10.1 Å². The second-order valence-electron chi connectivity index (χ2n) is 4.13. The third-order valence-corrected chi connectivity index (χ3v) is 2.76. The van der Waals surface area contributed by atoms with Crippen molar-refractivity contribution in [2.75, 3.05) is 13.2 Å². The van der Waals surface area contributed by atoms with Gasteiger partial charge in [0.25, 0.3) is 0 Å². The number of ether oxygens (including phenoxy) is 1. The van der Waals surface area contributed by atoms with E-state index in [-0.39, 0.29) is 0 Å². The molecule has 0 amide bonds. The molecule has 1 atom stereocenters. The van der Waals surface area contributed by atoms with Crippen LogP contribution in [0, 0.1) is 6.92 Å². The molecule has 0 heterocycles. The highest BCUT2D eigenvalue weighted by Gasteiger charge is 2.11. The largest absolute Gasteiger partial charge is 0.488 e. The summed E-state index contributed by atoms with van der Waals surface area (Å²) in [5.74, 6) is 0.930. The maximum atomic E-state index is 5.76. The minimum atomic E-state index is 0.291. The lowest BCUT2D eigenvalue weighted by Crippen LogP contribution is -2.18. The Balaban J connectivity index is 2.90. The summed E-state index contributed by atoms with van der Waals surface area (Å²) in [7, 11) is 0. The van der Waals surface area contributed by atoms with E-state index in [1.54, 1.807) is 0 Å². The van der Waals surface area contributed by atoms with Gasteiger partial charge in [0.2, 0.25) is 0 Å². The molecule has 3 heteroatoms. The first-order valence-corrected chi connectivity index (χ1v) is 6.64. The van der Waals surface area contributed by atoms with E-state index in [0.717, 1.165) is 16.8 Å². The minimum absolute atomic E-state index is 0.291. The maximum absolute atomic E-state index is 5.76. The number of halogens is 1. The van der Waals surface area contributed by atoms with Crippen LogP contribution >= 0.6 is 15.9 Å². The Kier molecular flexibility index (Phi) is 5.72. The van der Waals surface area contributed by atoms with Gasteiger partial charge >= 0.3 is 0 Å². The topological polar surface area (TPSA) is 21.3 Å². The number of benzene rings is 1. The number of aryl methyl sites for hydroxylation is 1. The van der Waals surface area contributed by atoms with Crippen molar-refractivity contribution < 1.29 is 4.74 Å². The lowest BCUT2D eigenvalue weighted by Gasteiger charge is -2.18. The summed E-state index contributed by atoms with van der Waals surface area (Å²) >= 11 is 3.31. The molecule has 0 aliphatic rings. The number of nitrogens with one attached hydrogen (secondary N) is 1. The normalized spacial score (nSPS) is 12.2. The summed E-state index contributed by atoms with van der Waals surface area (Å²) in [4.78, 5) is 0. The Morgan fingerprint density at radius 2 is 2.24 bits per heavy atom. The zero-order chi connectivity index (χ0) is 12.8. The number of rotatable bonds is 6. The van der Waals surface area contributed by atoms with E-state index in [9.17, 15) is 0 Å². The van der Waals surface area contributed by atoms with E-state index in [0.29, 0.717) is 12.6 Å². The highest BCUT2D eigenvalue weighted by Crippen LogP contribution is 2.27. The first kappa shape index (κ1) is 14.3. The van der Waals surface area contributed by atoms with Gasteiger partial charge in [-0.2, -0.15) is 0 Å². The van der Waals surface area contributed by atoms with Crippen LogP contribution in [0.3, 0.4) is 0 Å². The lowest BCUT2D eigenvalue weighted by molar-refractivity contribution is 0.352. The monoisotopic (exact) mass is 297 g/mol. The summed E-state index contributed by atoms with van der Waals surface area (Å²) in [6, 6.07) is 6.59. The SMILES string of the molecule is C=C(Br)COc1cc(C)ccc1C(C)NCC. The second-order valence-corrected chi connectivity index (χ2v) is 5.25. The summed E-state index contributed by atoms with van der Waals surface area (Å²) in [5.41, 5.74) is 2.39. The third kappa shape index (κ3) is 4.52. The minimum Gasteiger partial charge on any atom is -0.488 e. The van der Waals surface area contributed by atoms with Crippen molar-refractivity contribution in [2.45, 2.75) is 26.8 Å². The highest BCUT2D eigenvalue weighted by atomic mass is 79.9. The van der Waals surface area contributed by atoms with Crippen LogP contribution in [0.15, 0.2) is 29.3 Å². The predicted molar refractivity (Wildman–Crippen MR) is 76.8 cm³/mol. The quantitative estimate of drug-likeness (QED) is 0.858. The van der Waals surface area contributed by atoms with Gasteiger partial charge in [-0.05, 0) is 32.0 Å². The van der Waals surface area contributed by atoms with Gasteiger partial charge in [0.05, 0.1) is 0 Å². The standard InChI is InChI=1S/C14H20BrNO/c1-5-16-12(4)13-7-6-10(2)8-14(13)17-9-11(3)15/h6-8,12,16H,3,5,9H2,1-2,4H3. The van der Waals surface area contributed by atoms with Gasteiger partial charge in [-0.3, -0.25) is 0 Å². The van der Waals surface area contributed by atoms with Crippen LogP contribution in [-0.4, -0.2) is 13.2 Å². The van der Waals surface area contributed by atoms with Crippen LogP contribution in [0.25, 0.3) is 0 Å². The highest BCUT2D eigenvalue weighted by molar-refractivity contribution is 9.11. The molecular formula is C14H20BrNO. The first-order valence-electron chi connectivity index (χ1n) is 5.84. The van der Waals surface area contributed by atoms with Crippen LogP contribution in [0.4, 0.5) is 0 Å². The van der Waals surface area contributed by atoms with E-state index in [2.05, 4.69) is 66.8 Å². The maximum Gasteiger partial charge on any atom is 0.124 e. The Bertz CT molecular complexity index is 390. The molecule has 0 saturated heterocycles. The number of hydrogen-bond donors (Lipinski definition) is 1. The van der Waals surface area contributed by atoms with Gasteiger partial charge in [-0.25, -0.2) is 0 Å². The molecule has 1 aromatic carbocycles. The van der Waals surface area contributed by atoms with Crippen molar-refractivity contribution in [3.63, 3.8) is 0 Å². The Morgan fingerprint density at radius 3 is 2.82 bits per heavy atom. The second kappa shape index (κ2) is 6.82. The molecule has 0 spiro atoms. The van der Waals surface area contributed by atoms with Crippen molar-refractivity contribution in [1.29, 1.82) is 0 Å². The van der Waals surface area contributed by atoms with E-state index >= 15 is 0 Å². The summed E-state index contributed by atoms with van der Waals surface area (Å²) in [6.45, 7) is 11.5. The zero-order valence-corrected chi connectivity index (χ0v) is 12.3. The van der Waals surface area contributed by atoms with Gasteiger partial charge in [-0.1, -0.05) is 41.6 Å². The molecular weight excluding hydrogens is 278 g/mol. The molecule has 94 valence electrons. The molecule has 0 saturated carbocycles. The summed E-state index contributed by atoms with van der Waals surface area (Å²) in [5, 5.41) is 3.40. The summed E-state index contributed by atoms with van der Waals surface area (Å²) in [6.07, 6.45) is 0.